The maximum Gasteiger partial charge on any atom is 0.0891 e. The molecule has 10 nitrogen and oxygen atoms in total. The Morgan fingerprint density at radius 1 is 0.264 bits per heavy atom. The van der Waals surface area contributed by atoms with Crippen molar-refractivity contribution in [1.29, 1.82) is 0 Å². The second-order valence-electron chi connectivity index (χ2n) is 18.1. The molecule has 5 aromatic carbocycles. The Bertz CT molecular complexity index is 4210. The van der Waals surface area contributed by atoms with Crippen LogP contribution in [0.15, 0.2) is 220 Å². The van der Waals surface area contributed by atoms with Gasteiger partial charge in [-0.15, -0.1) is 0 Å². The first-order chi connectivity index (χ1) is 35.7. The van der Waals surface area contributed by atoms with Crippen LogP contribution in [0, 0.1) is 0 Å². The predicted molar refractivity (Wildman–Crippen MR) is 289 cm³/mol. The summed E-state index contributed by atoms with van der Waals surface area (Å²) in [4.78, 5) is 37.5. The van der Waals surface area contributed by atoms with Gasteiger partial charge in [0, 0.05) is 126 Å². The van der Waals surface area contributed by atoms with Crippen LogP contribution in [0.4, 0.5) is 0 Å². The van der Waals surface area contributed by atoms with Gasteiger partial charge in [0.15, 0.2) is 0 Å². The zero-order valence-corrected chi connectivity index (χ0v) is 38.3. The summed E-state index contributed by atoms with van der Waals surface area (Å²) in [6, 6.07) is 52.1. The molecule has 0 radical (unpaired) electrons. The lowest BCUT2D eigenvalue weighted by atomic mass is 9.95. The normalized spacial score (nSPS) is 11.9. The fourth-order valence-corrected chi connectivity index (χ4v) is 11.1. The number of fused-ring (bicyclic) bond motifs is 11. The third-order valence-electron chi connectivity index (χ3n) is 14.2. The zero-order valence-electron chi connectivity index (χ0n) is 38.3. The van der Waals surface area contributed by atoms with Crippen molar-refractivity contribution in [1.82, 2.24) is 49.0 Å². The van der Waals surface area contributed by atoms with Gasteiger partial charge >= 0.3 is 0 Å². The molecule has 10 heteroatoms. The molecule has 0 aliphatic carbocycles. The summed E-state index contributed by atoms with van der Waals surface area (Å²) in [5.41, 5.74) is 17.8. The molecule has 10 heterocycles. The van der Waals surface area contributed by atoms with Crippen molar-refractivity contribution in [3.63, 3.8) is 0 Å². The molecule has 0 fully saturated rings. The lowest BCUT2D eigenvalue weighted by Crippen LogP contribution is -1.98. The van der Waals surface area contributed by atoms with Crippen LogP contribution in [0.5, 0.6) is 0 Å². The first kappa shape index (κ1) is 39.9. The predicted octanol–water partition coefficient (Wildman–Crippen LogP) is 14.3. The standard InChI is InChI=1S/C62H36N10/c1-3-15-57-47(9-1)61-59(71(57)41-25-37(49-29-63-33-53-43(49)11-5-19-67-53)23-38(26-41)50-30-64-34-54-44(50)12-6-20-68-54)17-18-60-62(61)48-10-2-4-16-58(48)72(60)42-27-39(51-31-65-35-55-45(51)13-7-21-69-55)24-40(28-42)52-32-66-36-56-46(52)14-8-22-70-56/h1-36H. The number of para-hydroxylation sites is 2. The van der Waals surface area contributed by atoms with Crippen LogP contribution in [-0.2, 0) is 0 Å². The van der Waals surface area contributed by atoms with E-state index in [0.29, 0.717) is 0 Å². The molecule has 334 valence electrons. The molecule has 0 saturated carbocycles. The van der Waals surface area contributed by atoms with Gasteiger partial charge in [-0.2, -0.15) is 0 Å². The van der Waals surface area contributed by atoms with E-state index in [1.165, 1.54) is 10.8 Å². The van der Waals surface area contributed by atoms with E-state index >= 15 is 0 Å². The van der Waals surface area contributed by atoms with Crippen LogP contribution in [0.25, 0.3) is 143 Å². The van der Waals surface area contributed by atoms with Crippen LogP contribution in [0.3, 0.4) is 0 Å². The first-order valence-corrected chi connectivity index (χ1v) is 23.7. The van der Waals surface area contributed by atoms with Gasteiger partial charge in [-0.25, -0.2) is 0 Å². The minimum Gasteiger partial charge on any atom is -0.309 e. The Morgan fingerprint density at radius 2 is 0.569 bits per heavy atom. The number of benzene rings is 5. The highest BCUT2D eigenvalue weighted by atomic mass is 15.0. The lowest BCUT2D eigenvalue weighted by molar-refractivity contribution is 1.17. The number of rotatable bonds is 6. The van der Waals surface area contributed by atoms with Gasteiger partial charge in [-0.3, -0.25) is 39.9 Å². The summed E-state index contributed by atoms with van der Waals surface area (Å²) in [7, 11) is 0. The Hall–Kier alpha value is -10.1. The molecule has 0 atom stereocenters. The van der Waals surface area contributed by atoms with E-state index in [-0.39, 0.29) is 0 Å². The number of aromatic nitrogens is 10. The smallest absolute Gasteiger partial charge is 0.0891 e. The van der Waals surface area contributed by atoms with Crippen molar-refractivity contribution in [2.75, 3.05) is 0 Å². The Labute approximate surface area is 410 Å². The van der Waals surface area contributed by atoms with Gasteiger partial charge in [-0.1, -0.05) is 60.7 Å². The maximum atomic E-state index is 4.69. The average molecular weight is 921 g/mol. The second-order valence-corrected chi connectivity index (χ2v) is 18.1. The SMILES string of the molecule is c1cnc2cncc(-c3cc(-c4cncc5ncccc45)cc(-n4c5ccccc5c5c6c7ccccc7n(-c7cc(-c8cncc9ncccc89)cc(-c8cncc9ncccc89)c7)c6ccc54)c3)c2c1. The van der Waals surface area contributed by atoms with E-state index < -0.39 is 0 Å². The summed E-state index contributed by atoms with van der Waals surface area (Å²) < 4.78 is 4.83. The van der Waals surface area contributed by atoms with Crippen molar-refractivity contribution >= 4 is 87.2 Å². The van der Waals surface area contributed by atoms with E-state index in [9.17, 15) is 0 Å². The molecule has 0 aliphatic rings. The first-order valence-electron chi connectivity index (χ1n) is 23.7. The van der Waals surface area contributed by atoms with Gasteiger partial charge in [0.05, 0.1) is 68.9 Å². The number of nitrogens with zero attached hydrogens (tertiary/aromatic N) is 10. The largest absolute Gasteiger partial charge is 0.309 e. The molecule has 0 aliphatic heterocycles. The van der Waals surface area contributed by atoms with Crippen LogP contribution < -0.4 is 0 Å². The molecule has 10 aromatic heterocycles. The topological polar surface area (TPSA) is 113 Å². The summed E-state index contributed by atoms with van der Waals surface area (Å²) >= 11 is 0. The van der Waals surface area contributed by atoms with Crippen molar-refractivity contribution in [3.05, 3.63) is 220 Å². The summed E-state index contributed by atoms with van der Waals surface area (Å²) in [5, 5.41) is 8.75. The van der Waals surface area contributed by atoms with Crippen LogP contribution >= 0.6 is 0 Å². The Kier molecular flexibility index (Phi) is 8.72. The van der Waals surface area contributed by atoms with Crippen molar-refractivity contribution < 1.29 is 0 Å². The fourth-order valence-electron chi connectivity index (χ4n) is 11.1. The number of pyridine rings is 8. The average Bonchev–Trinajstić information content (AvgIpc) is 3.97. The molecular formula is C62H36N10. The van der Waals surface area contributed by atoms with Crippen LogP contribution in [0.1, 0.15) is 0 Å². The molecule has 0 spiro atoms. The van der Waals surface area contributed by atoms with Crippen molar-refractivity contribution in [2.45, 2.75) is 0 Å². The molecule has 15 rings (SSSR count). The number of hydrogen-bond donors (Lipinski definition) is 0. The number of hydrogen-bond acceptors (Lipinski definition) is 8. The van der Waals surface area contributed by atoms with E-state index in [2.05, 4.69) is 150 Å². The molecule has 72 heavy (non-hydrogen) atoms. The molecule has 0 N–H and O–H groups in total. The van der Waals surface area contributed by atoms with Gasteiger partial charge < -0.3 is 9.13 Å². The molecule has 0 amide bonds. The third kappa shape index (κ3) is 6.09. The van der Waals surface area contributed by atoms with Gasteiger partial charge in [0.2, 0.25) is 0 Å². The summed E-state index contributed by atoms with van der Waals surface area (Å²) in [5.74, 6) is 0. The summed E-state index contributed by atoms with van der Waals surface area (Å²) in [6.07, 6.45) is 22.4. The van der Waals surface area contributed by atoms with E-state index in [1.54, 1.807) is 0 Å². The minimum atomic E-state index is 0.836. The second kappa shape index (κ2) is 15.7. The molecule has 0 unspecified atom stereocenters. The van der Waals surface area contributed by atoms with Crippen molar-refractivity contribution in [2.24, 2.45) is 0 Å². The highest BCUT2D eigenvalue weighted by molar-refractivity contribution is 6.29. The lowest BCUT2D eigenvalue weighted by Gasteiger charge is -2.16. The molecular weight excluding hydrogens is 885 g/mol. The zero-order chi connectivity index (χ0) is 47.3. The summed E-state index contributed by atoms with van der Waals surface area (Å²) in [6.45, 7) is 0. The quantitative estimate of drug-likeness (QED) is 0.162. The minimum absolute atomic E-state index is 0.836. The Morgan fingerprint density at radius 3 is 0.903 bits per heavy atom. The molecule has 0 saturated heterocycles. The van der Waals surface area contributed by atoms with Gasteiger partial charge in [-0.05, 0) is 107 Å². The highest BCUT2D eigenvalue weighted by Crippen LogP contribution is 2.45. The van der Waals surface area contributed by atoms with Crippen molar-refractivity contribution in [3.8, 4) is 55.9 Å². The van der Waals surface area contributed by atoms with Gasteiger partial charge in [0.25, 0.3) is 0 Å². The van der Waals surface area contributed by atoms with Crippen LogP contribution in [0.2, 0.25) is 0 Å². The molecule has 0 bridgehead atoms. The third-order valence-corrected chi connectivity index (χ3v) is 14.2. The van der Waals surface area contributed by atoms with E-state index in [4.69, 9.17) is 19.9 Å². The molecule has 15 aromatic rings. The highest BCUT2D eigenvalue weighted by Gasteiger charge is 2.23. The Balaban J connectivity index is 1.02. The monoisotopic (exact) mass is 920 g/mol. The fraction of sp³-hybridized carbons (Fsp3) is 0. The van der Waals surface area contributed by atoms with Crippen LogP contribution in [-0.4, -0.2) is 49.0 Å². The van der Waals surface area contributed by atoms with E-state index in [1.807, 2.05) is 98.6 Å². The maximum absolute atomic E-state index is 4.69. The van der Waals surface area contributed by atoms with E-state index in [0.717, 1.165) is 132 Å². The van der Waals surface area contributed by atoms with Gasteiger partial charge in [0.1, 0.15) is 0 Å².